The molecule has 0 amide bonds. The fourth-order valence-electron chi connectivity index (χ4n) is 1.35. The lowest BCUT2D eigenvalue weighted by atomic mass is 10.2. The van der Waals surface area contributed by atoms with Crippen LogP contribution in [0.5, 0.6) is 17.2 Å². The SMILES string of the molecule is O=[N+]([O-])c1ccc(O)cc1Oc1ccccc1. The highest BCUT2D eigenvalue weighted by molar-refractivity contribution is 5.51. The number of ether oxygens (including phenoxy) is 1. The van der Waals surface area contributed by atoms with Crippen molar-refractivity contribution in [3.05, 3.63) is 58.6 Å². The molecule has 0 spiro atoms. The number of phenolic OH excluding ortho intramolecular Hbond substituents is 1. The average Bonchev–Trinajstić information content (AvgIpc) is 2.30. The predicted molar refractivity (Wildman–Crippen MR) is 61.3 cm³/mol. The summed E-state index contributed by atoms with van der Waals surface area (Å²) in [6, 6.07) is 12.3. The van der Waals surface area contributed by atoms with Crippen LogP contribution in [-0.4, -0.2) is 10.0 Å². The van der Waals surface area contributed by atoms with Crippen LogP contribution in [0.2, 0.25) is 0 Å². The molecule has 0 atom stereocenters. The number of aromatic hydroxyl groups is 1. The molecule has 5 heteroatoms. The third kappa shape index (κ3) is 2.52. The summed E-state index contributed by atoms with van der Waals surface area (Å²) < 4.78 is 5.35. The van der Waals surface area contributed by atoms with E-state index in [-0.39, 0.29) is 17.2 Å². The number of rotatable bonds is 3. The normalized spacial score (nSPS) is 9.88. The summed E-state index contributed by atoms with van der Waals surface area (Å²) in [6.07, 6.45) is 0. The highest BCUT2D eigenvalue weighted by atomic mass is 16.6. The van der Waals surface area contributed by atoms with Gasteiger partial charge in [0.1, 0.15) is 11.5 Å². The molecular weight excluding hydrogens is 222 g/mol. The minimum Gasteiger partial charge on any atom is -0.508 e. The minimum atomic E-state index is -0.558. The highest BCUT2D eigenvalue weighted by Gasteiger charge is 2.16. The van der Waals surface area contributed by atoms with Gasteiger partial charge in [0.2, 0.25) is 5.75 Å². The molecule has 5 nitrogen and oxygen atoms in total. The molecular formula is C12H9NO4. The monoisotopic (exact) mass is 231 g/mol. The van der Waals surface area contributed by atoms with Crippen molar-refractivity contribution in [2.45, 2.75) is 0 Å². The van der Waals surface area contributed by atoms with E-state index in [1.807, 2.05) is 6.07 Å². The summed E-state index contributed by atoms with van der Waals surface area (Å²) in [5.41, 5.74) is -0.188. The van der Waals surface area contributed by atoms with E-state index < -0.39 is 4.92 Å². The van der Waals surface area contributed by atoms with Crippen molar-refractivity contribution in [1.82, 2.24) is 0 Å². The van der Waals surface area contributed by atoms with E-state index in [1.165, 1.54) is 18.2 Å². The van der Waals surface area contributed by atoms with Gasteiger partial charge in [-0.3, -0.25) is 10.1 Å². The van der Waals surface area contributed by atoms with Gasteiger partial charge in [-0.25, -0.2) is 0 Å². The number of phenols is 1. The largest absolute Gasteiger partial charge is 0.508 e. The first kappa shape index (κ1) is 10.9. The molecule has 1 N–H and O–H groups in total. The van der Waals surface area contributed by atoms with Gasteiger partial charge in [-0.05, 0) is 18.2 Å². The summed E-state index contributed by atoms with van der Waals surface area (Å²) in [7, 11) is 0. The number of benzene rings is 2. The van der Waals surface area contributed by atoms with Gasteiger partial charge in [0.05, 0.1) is 4.92 Å². The van der Waals surface area contributed by atoms with E-state index >= 15 is 0 Å². The van der Waals surface area contributed by atoms with Gasteiger partial charge in [0.15, 0.2) is 0 Å². The molecule has 0 aliphatic rings. The maximum Gasteiger partial charge on any atom is 0.311 e. The molecule has 2 aromatic rings. The standard InChI is InChI=1S/C12H9NO4/c14-9-6-7-11(13(15)16)12(8-9)17-10-4-2-1-3-5-10/h1-8,14H. The topological polar surface area (TPSA) is 72.6 Å². The summed E-state index contributed by atoms with van der Waals surface area (Å²) in [6.45, 7) is 0. The second-order valence-corrected chi connectivity index (χ2v) is 3.32. The van der Waals surface area contributed by atoms with Gasteiger partial charge in [0, 0.05) is 12.1 Å². The van der Waals surface area contributed by atoms with Crippen LogP contribution >= 0.6 is 0 Å². The van der Waals surface area contributed by atoms with Crippen LogP contribution in [0.25, 0.3) is 0 Å². The lowest BCUT2D eigenvalue weighted by Crippen LogP contribution is -1.92. The van der Waals surface area contributed by atoms with E-state index in [0.29, 0.717) is 5.75 Å². The maximum atomic E-state index is 10.8. The van der Waals surface area contributed by atoms with Crippen LogP contribution in [0.1, 0.15) is 0 Å². The molecule has 17 heavy (non-hydrogen) atoms. The van der Waals surface area contributed by atoms with Crippen molar-refractivity contribution < 1.29 is 14.8 Å². The predicted octanol–water partition coefficient (Wildman–Crippen LogP) is 3.09. The van der Waals surface area contributed by atoms with Gasteiger partial charge < -0.3 is 9.84 Å². The third-order valence-electron chi connectivity index (χ3n) is 2.11. The van der Waals surface area contributed by atoms with Crippen LogP contribution in [0.3, 0.4) is 0 Å². The zero-order valence-corrected chi connectivity index (χ0v) is 8.74. The number of nitro groups is 1. The molecule has 2 aromatic carbocycles. The Balaban J connectivity index is 2.37. The molecule has 0 bridgehead atoms. The van der Waals surface area contributed by atoms with Crippen LogP contribution in [0.15, 0.2) is 48.5 Å². The number of hydrogen-bond donors (Lipinski definition) is 1. The molecule has 0 aliphatic heterocycles. The Labute approximate surface area is 97.0 Å². The molecule has 0 unspecified atom stereocenters. The van der Waals surface area contributed by atoms with E-state index in [1.54, 1.807) is 24.3 Å². The number of hydrogen-bond acceptors (Lipinski definition) is 4. The fraction of sp³-hybridized carbons (Fsp3) is 0. The molecule has 0 aliphatic carbocycles. The zero-order valence-electron chi connectivity index (χ0n) is 8.74. The quantitative estimate of drug-likeness (QED) is 0.650. The van der Waals surface area contributed by atoms with Crippen molar-refractivity contribution in [2.24, 2.45) is 0 Å². The van der Waals surface area contributed by atoms with Crippen LogP contribution in [0.4, 0.5) is 5.69 Å². The first-order valence-corrected chi connectivity index (χ1v) is 4.87. The van der Waals surface area contributed by atoms with Gasteiger partial charge in [-0.15, -0.1) is 0 Å². The van der Waals surface area contributed by atoms with E-state index in [4.69, 9.17) is 4.74 Å². The molecule has 0 saturated heterocycles. The summed E-state index contributed by atoms with van der Waals surface area (Å²) in [5, 5.41) is 20.1. The second-order valence-electron chi connectivity index (χ2n) is 3.32. The lowest BCUT2D eigenvalue weighted by molar-refractivity contribution is -0.385. The van der Waals surface area contributed by atoms with Gasteiger partial charge in [-0.1, -0.05) is 18.2 Å². The maximum absolute atomic E-state index is 10.8. The second kappa shape index (κ2) is 4.52. The van der Waals surface area contributed by atoms with Crippen molar-refractivity contribution in [3.8, 4) is 17.2 Å². The Hall–Kier alpha value is -2.56. The Kier molecular flexibility index (Phi) is 2.91. The molecule has 0 aromatic heterocycles. The van der Waals surface area contributed by atoms with Gasteiger partial charge in [0.25, 0.3) is 0 Å². The van der Waals surface area contributed by atoms with Crippen molar-refractivity contribution in [1.29, 1.82) is 0 Å². The van der Waals surface area contributed by atoms with Crippen LogP contribution in [0, 0.1) is 10.1 Å². The first-order valence-electron chi connectivity index (χ1n) is 4.87. The van der Waals surface area contributed by atoms with Crippen molar-refractivity contribution in [3.63, 3.8) is 0 Å². The Morgan fingerprint density at radius 3 is 2.47 bits per heavy atom. The molecule has 0 heterocycles. The zero-order chi connectivity index (χ0) is 12.3. The lowest BCUT2D eigenvalue weighted by Gasteiger charge is -2.06. The van der Waals surface area contributed by atoms with E-state index in [0.717, 1.165) is 0 Å². The number of nitrogens with zero attached hydrogens (tertiary/aromatic N) is 1. The summed E-state index contributed by atoms with van der Waals surface area (Å²) in [4.78, 5) is 10.2. The first-order chi connectivity index (χ1) is 8.16. The molecule has 0 saturated carbocycles. The molecule has 0 fully saturated rings. The fourth-order valence-corrected chi connectivity index (χ4v) is 1.35. The van der Waals surface area contributed by atoms with Crippen molar-refractivity contribution >= 4 is 5.69 Å². The summed E-state index contributed by atoms with van der Waals surface area (Å²) >= 11 is 0. The molecule has 86 valence electrons. The smallest absolute Gasteiger partial charge is 0.311 e. The number of nitro benzene ring substituents is 1. The van der Waals surface area contributed by atoms with Crippen LogP contribution in [-0.2, 0) is 0 Å². The van der Waals surface area contributed by atoms with Gasteiger partial charge >= 0.3 is 5.69 Å². The van der Waals surface area contributed by atoms with E-state index in [2.05, 4.69) is 0 Å². The Morgan fingerprint density at radius 2 is 1.82 bits per heavy atom. The summed E-state index contributed by atoms with van der Waals surface area (Å²) in [5.74, 6) is 0.406. The third-order valence-corrected chi connectivity index (χ3v) is 2.11. The van der Waals surface area contributed by atoms with Gasteiger partial charge in [-0.2, -0.15) is 0 Å². The van der Waals surface area contributed by atoms with Crippen LogP contribution < -0.4 is 4.74 Å². The average molecular weight is 231 g/mol. The highest BCUT2D eigenvalue weighted by Crippen LogP contribution is 2.33. The minimum absolute atomic E-state index is 0.0150. The van der Waals surface area contributed by atoms with Crippen molar-refractivity contribution in [2.75, 3.05) is 0 Å². The van der Waals surface area contributed by atoms with E-state index in [9.17, 15) is 15.2 Å². The Bertz CT molecular complexity index is 539. The number of para-hydroxylation sites is 1. The Morgan fingerprint density at radius 1 is 1.12 bits per heavy atom. The molecule has 0 radical (unpaired) electrons. The molecule has 2 rings (SSSR count).